The highest BCUT2D eigenvalue weighted by Gasteiger charge is 2.20. The largest absolute Gasteiger partial charge is 0.465 e. The fourth-order valence-electron chi connectivity index (χ4n) is 1.02. The predicted octanol–water partition coefficient (Wildman–Crippen LogP) is 0.120. The Morgan fingerprint density at radius 2 is 1.92 bits per heavy atom. The van der Waals surface area contributed by atoms with E-state index in [1.807, 2.05) is 6.92 Å². The van der Waals surface area contributed by atoms with Crippen LogP contribution in [0.5, 0.6) is 0 Å². The van der Waals surface area contributed by atoms with Crippen molar-refractivity contribution in [2.75, 3.05) is 19.8 Å². The molecular weight excluding hydrogens is 174 g/mol. The van der Waals surface area contributed by atoms with E-state index in [9.17, 15) is 4.79 Å². The highest BCUT2D eigenvalue weighted by Crippen LogP contribution is 2.02. The third-order valence-corrected chi connectivity index (χ3v) is 1.86. The second-order valence-corrected chi connectivity index (χ2v) is 2.85. The molecule has 0 aliphatic heterocycles. The molecule has 0 atom stereocenters. The molecule has 0 rings (SSSR count). The van der Waals surface area contributed by atoms with Gasteiger partial charge in [0.15, 0.2) is 0 Å². The molecule has 0 saturated carbocycles. The molecule has 5 heteroatoms. The van der Waals surface area contributed by atoms with Gasteiger partial charge >= 0.3 is 6.09 Å². The van der Waals surface area contributed by atoms with Crippen molar-refractivity contribution in [2.45, 2.75) is 25.8 Å². The average molecular weight is 191 g/mol. The van der Waals surface area contributed by atoms with Gasteiger partial charge in [-0.15, -0.1) is 0 Å². The van der Waals surface area contributed by atoms with E-state index < -0.39 is 12.1 Å². The van der Waals surface area contributed by atoms with E-state index >= 15 is 0 Å². The molecule has 0 aliphatic rings. The van der Waals surface area contributed by atoms with Crippen LogP contribution in [0.3, 0.4) is 0 Å². The maximum atomic E-state index is 10.7. The van der Waals surface area contributed by atoms with Crippen LogP contribution >= 0.6 is 0 Å². The number of hydrogen-bond donors (Lipinski definition) is 3. The van der Waals surface area contributed by atoms with Gasteiger partial charge in [-0.2, -0.15) is 0 Å². The van der Waals surface area contributed by atoms with E-state index in [4.69, 9.17) is 15.3 Å². The summed E-state index contributed by atoms with van der Waals surface area (Å²) in [6.45, 7) is 1.63. The Kier molecular flexibility index (Phi) is 6.26. The first kappa shape index (κ1) is 12.2. The van der Waals surface area contributed by atoms with Gasteiger partial charge in [-0.3, -0.25) is 0 Å². The van der Waals surface area contributed by atoms with Crippen LogP contribution in [-0.4, -0.2) is 52.1 Å². The van der Waals surface area contributed by atoms with Crippen LogP contribution in [0.15, 0.2) is 0 Å². The fraction of sp³-hybridized carbons (Fsp3) is 0.875. The number of nitrogens with zero attached hydrogens (tertiary/aromatic N) is 1. The first-order chi connectivity index (χ1) is 6.17. The van der Waals surface area contributed by atoms with Crippen LogP contribution in [-0.2, 0) is 0 Å². The lowest BCUT2D eigenvalue weighted by Crippen LogP contribution is -2.44. The zero-order valence-corrected chi connectivity index (χ0v) is 7.81. The summed E-state index contributed by atoms with van der Waals surface area (Å²) in [7, 11) is 0. The average Bonchev–Trinajstić information content (AvgIpc) is 2.11. The third-order valence-electron chi connectivity index (χ3n) is 1.86. The molecule has 0 fully saturated rings. The molecule has 78 valence electrons. The number of carbonyl (C=O) groups is 1. The van der Waals surface area contributed by atoms with Gasteiger partial charge in [0.2, 0.25) is 0 Å². The summed E-state index contributed by atoms with van der Waals surface area (Å²) in [6.07, 6.45) is 0.525. The van der Waals surface area contributed by atoms with E-state index in [-0.39, 0.29) is 13.2 Å². The van der Waals surface area contributed by atoms with Gasteiger partial charge in [0, 0.05) is 6.54 Å². The molecule has 0 saturated heterocycles. The number of hydrogen-bond acceptors (Lipinski definition) is 3. The number of carboxylic acid groups (broad SMARTS) is 1. The van der Waals surface area contributed by atoms with Crippen LogP contribution in [0.2, 0.25) is 0 Å². The second kappa shape index (κ2) is 6.68. The van der Waals surface area contributed by atoms with E-state index in [2.05, 4.69) is 0 Å². The lowest BCUT2D eigenvalue weighted by atomic mass is 10.2. The summed E-state index contributed by atoms with van der Waals surface area (Å²) < 4.78 is 0. The molecule has 0 radical (unpaired) electrons. The van der Waals surface area contributed by atoms with E-state index in [0.29, 0.717) is 6.54 Å². The molecule has 0 aromatic heterocycles. The first-order valence-electron chi connectivity index (χ1n) is 4.38. The minimum absolute atomic E-state index is 0.341. The lowest BCUT2D eigenvalue weighted by molar-refractivity contribution is 0.0665. The number of unbranched alkanes of at least 4 members (excludes halogenated alkanes) is 1. The van der Waals surface area contributed by atoms with Gasteiger partial charge in [0.05, 0.1) is 19.3 Å². The Bertz CT molecular complexity index is 147. The Labute approximate surface area is 77.6 Å². The SMILES string of the molecule is CCCCN(C(=O)O)C(CO)CO. The smallest absolute Gasteiger partial charge is 0.407 e. The van der Waals surface area contributed by atoms with Gasteiger partial charge < -0.3 is 20.2 Å². The molecule has 0 heterocycles. The quantitative estimate of drug-likeness (QED) is 0.557. The standard InChI is InChI=1S/C8H17NO4/c1-2-3-4-9(8(12)13)7(5-10)6-11/h7,10-11H,2-6H2,1H3,(H,12,13). The van der Waals surface area contributed by atoms with Gasteiger partial charge in [-0.05, 0) is 6.42 Å². The monoisotopic (exact) mass is 191 g/mol. The van der Waals surface area contributed by atoms with E-state index in [0.717, 1.165) is 17.7 Å². The highest BCUT2D eigenvalue weighted by atomic mass is 16.4. The van der Waals surface area contributed by atoms with Crippen molar-refractivity contribution in [1.82, 2.24) is 4.90 Å². The zero-order valence-electron chi connectivity index (χ0n) is 7.81. The fourth-order valence-corrected chi connectivity index (χ4v) is 1.02. The Balaban J connectivity index is 4.12. The third kappa shape index (κ3) is 4.10. The van der Waals surface area contributed by atoms with Gasteiger partial charge in [-0.1, -0.05) is 13.3 Å². The Morgan fingerprint density at radius 3 is 2.23 bits per heavy atom. The first-order valence-corrected chi connectivity index (χ1v) is 4.38. The van der Waals surface area contributed by atoms with E-state index in [1.165, 1.54) is 0 Å². The van der Waals surface area contributed by atoms with Crippen LogP contribution < -0.4 is 0 Å². The number of amides is 1. The maximum absolute atomic E-state index is 10.7. The zero-order chi connectivity index (χ0) is 10.3. The lowest BCUT2D eigenvalue weighted by Gasteiger charge is -2.26. The summed E-state index contributed by atoms with van der Waals surface area (Å²) in [5, 5.41) is 26.3. The maximum Gasteiger partial charge on any atom is 0.407 e. The summed E-state index contributed by atoms with van der Waals surface area (Å²) in [4.78, 5) is 11.7. The molecule has 1 amide bonds. The van der Waals surface area contributed by atoms with Crippen LogP contribution in [0.25, 0.3) is 0 Å². The minimum Gasteiger partial charge on any atom is -0.465 e. The van der Waals surface area contributed by atoms with Crippen LogP contribution in [0.4, 0.5) is 4.79 Å². The molecule has 13 heavy (non-hydrogen) atoms. The van der Waals surface area contributed by atoms with Crippen molar-refractivity contribution < 1.29 is 20.1 Å². The summed E-state index contributed by atoms with van der Waals surface area (Å²) >= 11 is 0. The molecular formula is C8H17NO4. The Morgan fingerprint density at radius 1 is 1.38 bits per heavy atom. The van der Waals surface area contributed by atoms with E-state index in [1.54, 1.807) is 0 Å². The molecule has 3 N–H and O–H groups in total. The summed E-state index contributed by atoms with van der Waals surface area (Å²) in [6, 6.07) is -0.691. The predicted molar refractivity (Wildman–Crippen MR) is 47.6 cm³/mol. The number of aliphatic hydroxyl groups is 2. The number of aliphatic hydroxyl groups excluding tert-OH is 2. The van der Waals surface area contributed by atoms with Crippen molar-refractivity contribution >= 4 is 6.09 Å². The topological polar surface area (TPSA) is 81.0 Å². The molecule has 5 nitrogen and oxygen atoms in total. The second-order valence-electron chi connectivity index (χ2n) is 2.85. The van der Waals surface area contributed by atoms with Crippen molar-refractivity contribution in [2.24, 2.45) is 0 Å². The summed E-state index contributed by atoms with van der Waals surface area (Å²) in [5.74, 6) is 0. The Hall–Kier alpha value is -0.810. The normalized spacial score (nSPS) is 10.5. The van der Waals surface area contributed by atoms with Crippen molar-refractivity contribution in [1.29, 1.82) is 0 Å². The molecule has 0 aliphatic carbocycles. The molecule has 0 bridgehead atoms. The summed E-state index contributed by atoms with van der Waals surface area (Å²) in [5.41, 5.74) is 0. The van der Waals surface area contributed by atoms with Crippen LogP contribution in [0.1, 0.15) is 19.8 Å². The van der Waals surface area contributed by atoms with Crippen molar-refractivity contribution in [3.05, 3.63) is 0 Å². The van der Waals surface area contributed by atoms with Crippen LogP contribution in [0, 0.1) is 0 Å². The molecule has 0 aromatic carbocycles. The van der Waals surface area contributed by atoms with Crippen molar-refractivity contribution in [3.63, 3.8) is 0 Å². The molecule has 0 spiro atoms. The van der Waals surface area contributed by atoms with Gasteiger partial charge in [0.1, 0.15) is 0 Å². The highest BCUT2D eigenvalue weighted by molar-refractivity contribution is 5.65. The van der Waals surface area contributed by atoms with Gasteiger partial charge in [0.25, 0.3) is 0 Å². The number of rotatable bonds is 6. The minimum atomic E-state index is -1.10. The van der Waals surface area contributed by atoms with Crippen molar-refractivity contribution in [3.8, 4) is 0 Å². The molecule has 0 unspecified atom stereocenters. The van der Waals surface area contributed by atoms with Gasteiger partial charge in [-0.25, -0.2) is 4.79 Å². The molecule has 0 aromatic rings.